The van der Waals surface area contributed by atoms with Gasteiger partial charge in [-0.15, -0.1) is 11.8 Å². The van der Waals surface area contributed by atoms with E-state index < -0.39 is 6.61 Å². The van der Waals surface area contributed by atoms with Crippen molar-refractivity contribution in [1.29, 1.82) is 0 Å². The van der Waals surface area contributed by atoms with Crippen molar-refractivity contribution in [2.45, 2.75) is 50.8 Å². The molecule has 3 rings (SSSR count). The van der Waals surface area contributed by atoms with Gasteiger partial charge in [-0.25, -0.2) is 0 Å². The van der Waals surface area contributed by atoms with Crippen molar-refractivity contribution in [2.24, 2.45) is 0 Å². The lowest BCUT2D eigenvalue weighted by atomic mass is 10.2. The lowest BCUT2D eigenvalue weighted by molar-refractivity contribution is -0.129. The maximum absolute atomic E-state index is 12.9. The summed E-state index contributed by atoms with van der Waals surface area (Å²) in [5, 5.41) is 2.71. The molecular weight excluding hydrogens is 438 g/mol. The summed E-state index contributed by atoms with van der Waals surface area (Å²) >= 11 is 1.43. The van der Waals surface area contributed by atoms with Gasteiger partial charge in [0.2, 0.25) is 11.8 Å². The first-order valence-corrected chi connectivity index (χ1v) is 11.3. The fourth-order valence-corrected chi connectivity index (χ4v) is 3.97. The summed E-state index contributed by atoms with van der Waals surface area (Å²) in [6.45, 7) is 0.962. The molecule has 0 heterocycles. The number of anilines is 1. The summed E-state index contributed by atoms with van der Waals surface area (Å²) in [6, 6.07) is 12.3. The van der Waals surface area contributed by atoms with Crippen LogP contribution in [0.5, 0.6) is 11.5 Å². The quantitative estimate of drug-likeness (QED) is 0.478. The van der Waals surface area contributed by atoms with Gasteiger partial charge in [0.1, 0.15) is 0 Å². The maximum atomic E-state index is 12.9. The highest BCUT2D eigenvalue weighted by atomic mass is 32.2. The monoisotopic (exact) mass is 464 g/mol. The molecule has 0 bridgehead atoms. The molecule has 0 aromatic heterocycles. The topological polar surface area (TPSA) is 67.9 Å². The Morgan fingerprint density at radius 3 is 2.47 bits per heavy atom. The predicted octanol–water partition coefficient (Wildman–Crippen LogP) is 4.93. The zero-order valence-corrected chi connectivity index (χ0v) is 18.8. The van der Waals surface area contributed by atoms with E-state index in [2.05, 4.69) is 10.1 Å². The molecule has 172 valence electrons. The fourth-order valence-electron chi connectivity index (χ4n) is 3.18. The van der Waals surface area contributed by atoms with Crippen LogP contribution in [0.25, 0.3) is 0 Å². The van der Waals surface area contributed by atoms with Gasteiger partial charge in [-0.3, -0.25) is 9.59 Å². The number of alkyl halides is 2. The predicted molar refractivity (Wildman–Crippen MR) is 119 cm³/mol. The Bertz CT molecular complexity index is 936. The number of thioether (sulfide) groups is 1. The smallest absolute Gasteiger partial charge is 0.387 e. The number of hydrogen-bond acceptors (Lipinski definition) is 5. The van der Waals surface area contributed by atoms with Crippen LogP contribution in [0.4, 0.5) is 14.5 Å². The first-order chi connectivity index (χ1) is 15.4. The molecule has 2 amide bonds. The van der Waals surface area contributed by atoms with Crippen LogP contribution < -0.4 is 14.8 Å². The van der Waals surface area contributed by atoms with Crippen LogP contribution in [0.1, 0.15) is 32.3 Å². The van der Waals surface area contributed by atoms with E-state index in [1.165, 1.54) is 24.8 Å². The van der Waals surface area contributed by atoms with Gasteiger partial charge in [0.15, 0.2) is 11.5 Å². The number of nitrogens with zero attached hydrogens (tertiary/aromatic N) is 1. The summed E-state index contributed by atoms with van der Waals surface area (Å²) in [5.41, 5.74) is 1.50. The van der Waals surface area contributed by atoms with Gasteiger partial charge >= 0.3 is 6.61 Å². The molecule has 2 aromatic rings. The van der Waals surface area contributed by atoms with E-state index in [4.69, 9.17) is 4.74 Å². The number of halogens is 2. The Morgan fingerprint density at radius 1 is 1.16 bits per heavy atom. The van der Waals surface area contributed by atoms with Gasteiger partial charge in [-0.2, -0.15) is 8.78 Å². The standard InChI is InChI=1S/C23H26F2N2O4S/c1-3-30-21-12-16(4-11-20(21)31-23(24)25)13-27(18-7-8-18)22(29)14-32-19-9-5-17(6-10-19)26-15(2)28/h4-6,9-12,18,23H,3,7-8,13-14H2,1-2H3,(H,26,28). The van der Waals surface area contributed by atoms with Crippen LogP contribution in [-0.4, -0.2) is 41.7 Å². The number of hydrogen-bond donors (Lipinski definition) is 1. The van der Waals surface area contributed by atoms with Crippen LogP contribution >= 0.6 is 11.8 Å². The Balaban J connectivity index is 1.63. The SMILES string of the molecule is CCOc1cc(CN(C(=O)CSc2ccc(NC(C)=O)cc2)C2CC2)ccc1OC(F)F. The van der Waals surface area contributed by atoms with E-state index >= 15 is 0 Å². The second kappa shape index (κ2) is 11.2. The Labute approximate surface area is 190 Å². The third-order valence-corrected chi connectivity index (χ3v) is 5.72. The third-order valence-electron chi connectivity index (χ3n) is 4.72. The van der Waals surface area contributed by atoms with Gasteiger partial charge in [-0.1, -0.05) is 6.07 Å². The number of benzene rings is 2. The second-order valence-corrected chi connectivity index (χ2v) is 8.39. The van der Waals surface area contributed by atoms with E-state index in [1.807, 2.05) is 17.0 Å². The van der Waals surface area contributed by atoms with Gasteiger partial charge in [0.25, 0.3) is 0 Å². The van der Waals surface area contributed by atoms with E-state index in [0.717, 1.165) is 23.3 Å². The summed E-state index contributed by atoms with van der Waals surface area (Å²) in [6.07, 6.45) is 1.90. The summed E-state index contributed by atoms with van der Waals surface area (Å²) < 4.78 is 35.2. The lowest BCUT2D eigenvalue weighted by Gasteiger charge is -2.23. The van der Waals surface area contributed by atoms with Crippen molar-refractivity contribution in [3.8, 4) is 11.5 Å². The molecule has 6 nitrogen and oxygen atoms in total. The maximum Gasteiger partial charge on any atom is 0.387 e. The highest BCUT2D eigenvalue weighted by Crippen LogP contribution is 2.33. The Morgan fingerprint density at radius 2 is 1.88 bits per heavy atom. The minimum Gasteiger partial charge on any atom is -0.490 e. The van der Waals surface area contributed by atoms with Crippen molar-refractivity contribution in [1.82, 2.24) is 4.90 Å². The molecule has 0 unspecified atom stereocenters. The van der Waals surface area contributed by atoms with E-state index in [1.54, 1.807) is 31.2 Å². The number of rotatable bonds is 11. The number of nitrogens with one attached hydrogen (secondary N) is 1. The van der Waals surface area contributed by atoms with Crippen LogP contribution in [0.2, 0.25) is 0 Å². The summed E-state index contributed by atoms with van der Waals surface area (Å²) in [7, 11) is 0. The van der Waals surface area contributed by atoms with Gasteiger partial charge < -0.3 is 19.7 Å². The molecule has 2 aromatic carbocycles. The minimum absolute atomic E-state index is 0.00862. The molecule has 0 radical (unpaired) electrons. The summed E-state index contributed by atoms with van der Waals surface area (Å²) in [5.74, 6) is 0.368. The molecule has 9 heteroatoms. The number of ether oxygens (including phenoxy) is 2. The van der Waals surface area contributed by atoms with E-state index in [0.29, 0.717) is 18.8 Å². The van der Waals surface area contributed by atoms with Crippen LogP contribution in [0, 0.1) is 0 Å². The average Bonchev–Trinajstić information content (AvgIpc) is 3.57. The Hall–Kier alpha value is -2.81. The molecule has 1 N–H and O–H groups in total. The first-order valence-electron chi connectivity index (χ1n) is 10.4. The van der Waals surface area contributed by atoms with Crippen LogP contribution in [-0.2, 0) is 16.1 Å². The molecule has 0 spiro atoms. The first kappa shape index (κ1) is 23.8. The van der Waals surface area contributed by atoms with Gasteiger partial charge in [0.05, 0.1) is 12.4 Å². The zero-order valence-electron chi connectivity index (χ0n) is 18.0. The molecule has 1 saturated carbocycles. The number of carbonyl (C=O) groups is 2. The molecule has 1 aliphatic carbocycles. The average molecular weight is 465 g/mol. The van der Waals surface area contributed by atoms with Crippen molar-refractivity contribution in [3.63, 3.8) is 0 Å². The minimum atomic E-state index is -2.94. The Kier molecular flexibility index (Phi) is 8.33. The lowest BCUT2D eigenvalue weighted by Crippen LogP contribution is -2.34. The van der Waals surface area contributed by atoms with E-state index in [-0.39, 0.29) is 35.1 Å². The molecule has 0 aliphatic heterocycles. The van der Waals surface area contributed by atoms with Gasteiger partial charge in [0, 0.05) is 30.1 Å². The number of amides is 2. The fraction of sp³-hybridized carbons (Fsp3) is 0.391. The van der Waals surface area contributed by atoms with Gasteiger partial charge in [-0.05, 0) is 61.7 Å². The van der Waals surface area contributed by atoms with Crippen LogP contribution in [0.15, 0.2) is 47.4 Å². The largest absolute Gasteiger partial charge is 0.490 e. The molecule has 1 fully saturated rings. The van der Waals surface area contributed by atoms with Crippen molar-refractivity contribution < 1.29 is 27.8 Å². The zero-order chi connectivity index (χ0) is 23.1. The van der Waals surface area contributed by atoms with Crippen molar-refractivity contribution in [3.05, 3.63) is 48.0 Å². The van der Waals surface area contributed by atoms with Crippen molar-refractivity contribution >= 4 is 29.3 Å². The molecule has 32 heavy (non-hydrogen) atoms. The third kappa shape index (κ3) is 7.12. The normalized spacial score (nSPS) is 13.0. The van der Waals surface area contributed by atoms with Crippen molar-refractivity contribution in [2.75, 3.05) is 17.7 Å². The highest BCUT2D eigenvalue weighted by molar-refractivity contribution is 8.00. The molecule has 1 aliphatic rings. The second-order valence-electron chi connectivity index (χ2n) is 7.34. The molecule has 0 saturated heterocycles. The molecule has 0 atom stereocenters. The summed E-state index contributed by atoms with van der Waals surface area (Å²) in [4.78, 5) is 26.8. The van der Waals surface area contributed by atoms with E-state index in [9.17, 15) is 18.4 Å². The molecular formula is C23H26F2N2O4S. The van der Waals surface area contributed by atoms with Crippen LogP contribution in [0.3, 0.4) is 0 Å². The highest BCUT2D eigenvalue weighted by Gasteiger charge is 2.32. The number of carbonyl (C=O) groups excluding carboxylic acids is 2.